The van der Waals surface area contributed by atoms with Gasteiger partial charge in [0.1, 0.15) is 11.5 Å². The maximum atomic E-state index is 5.66. The Kier molecular flexibility index (Phi) is 3.55. The average molecular weight is 299 g/mol. The van der Waals surface area contributed by atoms with E-state index in [1.165, 1.54) is 16.7 Å². The van der Waals surface area contributed by atoms with Crippen molar-refractivity contribution in [3.8, 4) is 0 Å². The molecular weight excluding hydrogens is 284 g/mol. The fourth-order valence-electron chi connectivity index (χ4n) is 1.99. The normalized spacial score (nSPS) is 13.0. The Morgan fingerprint density at radius 2 is 2.06 bits per heavy atom. The first kappa shape index (κ1) is 11.9. The maximum Gasteiger partial charge on any atom is 0.105 e. The van der Waals surface area contributed by atoms with E-state index in [1.54, 1.807) is 11.3 Å². The van der Waals surface area contributed by atoms with Crippen molar-refractivity contribution in [2.45, 2.75) is 32.0 Å². The molecule has 0 bridgehead atoms. The van der Waals surface area contributed by atoms with Gasteiger partial charge in [-0.05, 0) is 55.1 Å². The molecule has 2 rings (SSSR count). The standard InChI is InChI=1S/C13H15BrOS/c1-8-9(2)15-10(3)13(8)12(14)6-11-4-5-16-7-11/h4-5,7,12H,6H2,1-3H3. The number of rotatable bonds is 3. The van der Waals surface area contributed by atoms with Crippen LogP contribution in [0.2, 0.25) is 0 Å². The van der Waals surface area contributed by atoms with Crippen LogP contribution in [0, 0.1) is 20.8 Å². The summed E-state index contributed by atoms with van der Waals surface area (Å²) in [4.78, 5) is 0.347. The predicted molar refractivity (Wildman–Crippen MR) is 72.6 cm³/mol. The predicted octanol–water partition coefficient (Wildman–Crippen LogP) is 4.95. The summed E-state index contributed by atoms with van der Waals surface area (Å²) in [6.07, 6.45) is 1.02. The highest BCUT2D eigenvalue weighted by Crippen LogP contribution is 2.35. The van der Waals surface area contributed by atoms with E-state index in [4.69, 9.17) is 4.42 Å². The van der Waals surface area contributed by atoms with E-state index in [0.717, 1.165) is 17.9 Å². The van der Waals surface area contributed by atoms with E-state index in [1.807, 2.05) is 13.8 Å². The summed E-state index contributed by atoms with van der Waals surface area (Å²) in [5.74, 6) is 2.06. The zero-order valence-electron chi connectivity index (χ0n) is 9.71. The Morgan fingerprint density at radius 1 is 1.31 bits per heavy atom. The van der Waals surface area contributed by atoms with Crippen molar-refractivity contribution in [1.29, 1.82) is 0 Å². The molecule has 0 fully saturated rings. The summed E-state index contributed by atoms with van der Waals surface area (Å²) in [6, 6.07) is 2.18. The minimum Gasteiger partial charge on any atom is -0.466 e. The van der Waals surface area contributed by atoms with Gasteiger partial charge in [0.15, 0.2) is 0 Å². The van der Waals surface area contributed by atoms with E-state index in [0.29, 0.717) is 4.83 Å². The minimum absolute atomic E-state index is 0.347. The molecular formula is C13H15BrOS. The summed E-state index contributed by atoms with van der Waals surface area (Å²) in [5.41, 5.74) is 3.96. The summed E-state index contributed by atoms with van der Waals surface area (Å²) in [5, 5.41) is 4.32. The van der Waals surface area contributed by atoms with E-state index in [9.17, 15) is 0 Å². The van der Waals surface area contributed by atoms with Crippen LogP contribution in [0.1, 0.15) is 33.0 Å². The molecule has 0 aromatic carbocycles. The summed E-state index contributed by atoms with van der Waals surface area (Å²) >= 11 is 5.51. The second kappa shape index (κ2) is 4.76. The van der Waals surface area contributed by atoms with Crippen molar-refractivity contribution in [3.63, 3.8) is 0 Å². The molecule has 0 spiro atoms. The summed E-state index contributed by atoms with van der Waals surface area (Å²) in [7, 11) is 0. The lowest BCUT2D eigenvalue weighted by atomic mass is 10.0. The van der Waals surface area contributed by atoms with Crippen molar-refractivity contribution in [1.82, 2.24) is 0 Å². The highest BCUT2D eigenvalue weighted by atomic mass is 79.9. The minimum atomic E-state index is 0.347. The zero-order valence-corrected chi connectivity index (χ0v) is 12.1. The van der Waals surface area contributed by atoms with E-state index in [-0.39, 0.29) is 0 Å². The van der Waals surface area contributed by atoms with Crippen molar-refractivity contribution in [2.75, 3.05) is 0 Å². The third kappa shape index (κ3) is 2.25. The lowest BCUT2D eigenvalue weighted by Crippen LogP contribution is -1.96. The van der Waals surface area contributed by atoms with Gasteiger partial charge in [0.05, 0.1) is 0 Å². The van der Waals surface area contributed by atoms with Crippen LogP contribution in [0.25, 0.3) is 0 Å². The third-order valence-corrected chi connectivity index (χ3v) is 4.44. The molecule has 1 nitrogen and oxygen atoms in total. The Hall–Kier alpha value is -0.540. The smallest absolute Gasteiger partial charge is 0.105 e. The molecule has 2 aromatic rings. The quantitative estimate of drug-likeness (QED) is 0.731. The van der Waals surface area contributed by atoms with Crippen molar-refractivity contribution in [3.05, 3.63) is 45.0 Å². The fourth-order valence-corrected chi connectivity index (χ4v) is 3.71. The Balaban J connectivity index is 2.24. The number of furan rings is 1. The van der Waals surface area contributed by atoms with Crippen LogP contribution in [-0.2, 0) is 6.42 Å². The number of hydrogen-bond acceptors (Lipinski definition) is 2. The second-order valence-electron chi connectivity index (χ2n) is 4.06. The van der Waals surface area contributed by atoms with Crippen LogP contribution in [-0.4, -0.2) is 0 Å². The number of hydrogen-bond donors (Lipinski definition) is 0. The summed E-state index contributed by atoms with van der Waals surface area (Å²) < 4.78 is 5.66. The van der Waals surface area contributed by atoms with Gasteiger partial charge in [-0.1, -0.05) is 15.9 Å². The molecule has 0 saturated heterocycles. The highest BCUT2D eigenvalue weighted by Gasteiger charge is 2.19. The van der Waals surface area contributed by atoms with E-state index < -0.39 is 0 Å². The van der Waals surface area contributed by atoms with Gasteiger partial charge in [-0.15, -0.1) is 0 Å². The molecule has 0 amide bonds. The molecule has 3 heteroatoms. The van der Waals surface area contributed by atoms with Gasteiger partial charge in [0, 0.05) is 10.4 Å². The molecule has 16 heavy (non-hydrogen) atoms. The van der Waals surface area contributed by atoms with Crippen LogP contribution in [0.5, 0.6) is 0 Å². The van der Waals surface area contributed by atoms with Gasteiger partial charge in [-0.3, -0.25) is 0 Å². The molecule has 0 N–H and O–H groups in total. The van der Waals surface area contributed by atoms with Gasteiger partial charge < -0.3 is 4.42 Å². The van der Waals surface area contributed by atoms with Gasteiger partial charge in [-0.25, -0.2) is 0 Å². The monoisotopic (exact) mass is 298 g/mol. The molecule has 2 aromatic heterocycles. The van der Waals surface area contributed by atoms with Crippen molar-refractivity contribution >= 4 is 27.3 Å². The topological polar surface area (TPSA) is 13.1 Å². The Labute approximate surface area is 109 Å². The number of thiophene rings is 1. The molecule has 0 aliphatic rings. The molecule has 0 radical (unpaired) electrons. The van der Waals surface area contributed by atoms with Gasteiger partial charge >= 0.3 is 0 Å². The van der Waals surface area contributed by atoms with Crippen LogP contribution in [0.3, 0.4) is 0 Å². The van der Waals surface area contributed by atoms with Gasteiger partial charge in [0.25, 0.3) is 0 Å². The molecule has 0 aliphatic heterocycles. The largest absolute Gasteiger partial charge is 0.466 e. The van der Waals surface area contributed by atoms with E-state index >= 15 is 0 Å². The number of alkyl halides is 1. The van der Waals surface area contributed by atoms with Crippen LogP contribution in [0.4, 0.5) is 0 Å². The zero-order chi connectivity index (χ0) is 11.7. The molecule has 86 valence electrons. The highest BCUT2D eigenvalue weighted by molar-refractivity contribution is 9.09. The summed E-state index contributed by atoms with van der Waals surface area (Å²) in [6.45, 7) is 6.19. The SMILES string of the molecule is Cc1oc(C)c(C(Br)Cc2ccsc2)c1C. The van der Waals surface area contributed by atoms with E-state index in [2.05, 4.69) is 39.7 Å². The average Bonchev–Trinajstić information content (AvgIpc) is 2.77. The lowest BCUT2D eigenvalue weighted by molar-refractivity contribution is 0.499. The lowest BCUT2D eigenvalue weighted by Gasteiger charge is -2.09. The maximum absolute atomic E-state index is 5.66. The fraction of sp³-hybridized carbons (Fsp3) is 0.385. The third-order valence-electron chi connectivity index (χ3n) is 2.93. The first-order valence-corrected chi connectivity index (χ1v) is 7.17. The Bertz CT molecular complexity index is 470. The second-order valence-corrected chi connectivity index (χ2v) is 5.94. The van der Waals surface area contributed by atoms with Gasteiger partial charge in [-0.2, -0.15) is 11.3 Å². The van der Waals surface area contributed by atoms with Gasteiger partial charge in [0.2, 0.25) is 0 Å². The Morgan fingerprint density at radius 3 is 2.56 bits per heavy atom. The van der Waals surface area contributed by atoms with Crippen LogP contribution >= 0.6 is 27.3 Å². The molecule has 0 aliphatic carbocycles. The molecule has 0 saturated carbocycles. The molecule has 1 unspecified atom stereocenters. The van der Waals surface area contributed by atoms with Crippen LogP contribution in [0.15, 0.2) is 21.2 Å². The number of halogens is 1. The molecule has 2 heterocycles. The van der Waals surface area contributed by atoms with Crippen molar-refractivity contribution < 1.29 is 4.42 Å². The first-order valence-electron chi connectivity index (χ1n) is 5.31. The van der Waals surface area contributed by atoms with Crippen molar-refractivity contribution in [2.24, 2.45) is 0 Å². The molecule has 1 atom stereocenters. The number of aryl methyl sites for hydroxylation is 2. The van der Waals surface area contributed by atoms with Crippen LogP contribution < -0.4 is 0 Å². The first-order chi connectivity index (χ1) is 7.59.